The lowest BCUT2D eigenvalue weighted by Crippen LogP contribution is -2.24. The van der Waals surface area contributed by atoms with Gasteiger partial charge in [0.15, 0.2) is 0 Å². The molecule has 1 amide bonds. The van der Waals surface area contributed by atoms with Gasteiger partial charge in [-0.15, -0.1) is 0 Å². The highest BCUT2D eigenvalue weighted by atomic mass is 35.5. The number of hydrogen-bond donors (Lipinski definition) is 1. The van der Waals surface area contributed by atoms with Crippen LogP contribution >= 0.6 is 11.6 Å². The molecule has 5 nitrogen and oxygen atoms in total. The number of aryl methyl sites for hydroxylation is 1. The van der Waals surface area contributed by atoms with Gasteiger partial charge in [-0.25, -0.2) is 9.67 Å². The second kappa shape index (κ2) is 6.84. The lowest BCUT2D eigenvalue weighted by Gasteiger charge is -2.08. The fourth-order valence-corrected chi connectivity index (χ4v) is 2.78. The molecule has 0 saturated heterocycles. The Morgan fingerprint density at radius 1 is 1.17 bits per heavy atom. The molecule has 0 aliphatic rings. The summed E-state index contributed by atoms with van der Waals surface area (Å²) < 4.78 is 1.88. The molecule has 0 fully saturated rings. The Hall–Kier alpha value is -2.66. The van der Waals surface area contributed by atoms with Crippen LogP contribution in [0.5, 0.6) is 0 Å². The van der Waals surface area contributed by atoms with Crippen LogP contribution in [-0.4, -0.2) is 20.7 Å². The fourth-order valence-electron chi connectivity index (χ4n) is 2.57. The Balaban J connectivity index is 1.80. The molecule has 2 aromatic heterocycles. The summed E-state index contributed by atoms with van der Waals surface area (Å²) >= 11 is 5.96. The molecular formula is C18H17ClN4O. The first kappa shape index (κ1) is 16.2. The summed E-state index contributed by atoms with van der Waals surface area (Å²) in [6.45, 7) is 4.31. The zero-order valence-electron chi connectivity index (χ0n) is 13.5. The largest absolute Gasteiger partial charge is 0.348 e. The molecule has 0 spiro atoms. The number of nitrogens with one attached hydrogen (secondary N) is 1. The quantitative estimate of drug-likeness (QED) is 0.740. The van der Waals surface area contributed by atoms with Crippen LogP contribution in [0, 0.1) is 13.8 Å². The molecule has 0 radical (unpaired) electrons. The third-order valence-corrected chi connectivity index (χ3v) is 4.17. The molecule has 3 aromatic rings. The number of aromatic nitrogens is 3. The minimum atomic E-state index is -0.251. The monoisotopic (exact) mass is 340 g/mol. The Kier molecular flexibility index (Phi) is 4.62. The Morgan fingerprint density at radius 3 is 2.62 bits per heavy atom. The Bertz CT molecular complexity index is 874. The highest BCUT2D eigenvalue weighted by Crippen LogP contribution is 2.18. The van der Waals surface area contributed by atoms with E-state index in [9.17, 15) is 4.79 Å². The summed E-state index contributed by atoms with van der Waals surface area (Å²) in [7, 11) is 0. The topological polar surface area (TPSA) is 59.8 Å². The molecule has 122 valence electrons. The lowest BCUT2D eigenvalue weighted by atomic mass is 10.2. The van der Waals surface area contributed by atoms with E-state index in [0.717, 1.165) is 22.6 Å². The maximum absolute atomic E-state index is 12.3. The second-order valence-electron chi connectivity index (χ2n) is 5.42. The maximum atomic E-state index is 12.3. The number of halogens is 1. The van der Waals surface area contributed by atoms with Gasteiger partial charge in [0.25, 0.3) is 5.91 Å². The summed E-state index contributed by atoms with van der Waals surface area (Å²) in [5.41, 5.74) is 4.23. The summed E-state index contributed by atoms with van der Waals surface area (Å²) in [4.78, 5) is 16.2. The minimum absolute atomic E-state index is 0.198. The average molecular weight is 341 g/mol. The third kappa shape index (κ3) is 3.16. The summed E-state index contributed by atoms with van der Waals surface area (Å²) in [5.74, 6) is -0.251. The number of carbonyl (C=O) groups is 1. The van der Waals surface area contributed by atoms with Crippen molar-refractivity contribution in [3.63, 3.8) is 0 Å². The SMILES string of the molecule is Cc1nn(-c2ccccc2)c(C)c1CNC(=O)c1cccnc1Cl. The van der Waals surface area contributed by atoms with Crippen molar-refractivity contribution in [1.29, 1.82) is 0 Å². The van der Waals surface area contributed by atoms with E-state index < -0.39 is 0 Å². The first-order chi connectivity index (χ1) is 11.6. The van der Waals surface area contributed by atoms with Crippen LogP contribution in [0.2, 0.25) is 5.15 Å². The lowest BCUT2D eigenvalue weighted by molar-refractivity contribution is 0.0950. The normalized spacial score (nSPS) is 10.6. The first-order valence-corrected chi connectivity index (χ1v) is 7.95. The number of hydrogen-bond acceptors (Lipinski definition) is 3. The molecule has 2 heterocycles. The van der Waals surface area contributed by atoms with E-state index in [1.807, 2.05) is 48.9 Å². The molecule has 6 heteroatoms. The molecule has 0 atom stereocenters. The van der Waals surface area contributed by atoms with Crippen LogP contribution in [0.1, 0.15) is 27.3 Å². The summed E-state index contributed by atoms with van der Waals surface area (Å²) in [5, 5.41) is 7.66. The molecule has 0 aliphatic carbocycles. The molecule has 0 aliphatic heterocycles. The van der Waals surface area contributed by atoms with E-state index in [2.05, 4.69) is 15.4 Å². The van der Waals surface area contributed by atoms with Crippen LogP contribution in [-0.2, 0) is 6.54 Å². The van der Waals surface area contributed by atoms with E-state index in [4.69, 9.17) is 11.6 Å². The van der Waals surface area contributed by atoms with Gasteiger partial charge in [-0.05, 0) is 38.1 Å². The van der Waals surface area contributed by atoms with E-state index in [0.29, 0.717) is 12.1 Å². The second-order valence-corrected chi connectivity index (χ2v) is 5.78. The highest BCUT2D eigenvalue weighted by Gasteiger charge is 2.15. The predicted molar refractivity (Wildman–Crippen MR) is 93.5 cm³/mol. The average Bonchev–Trinajstić information content (AvgIpc) is 2.88. The van der Waals surface area contributed by atoms with Gasteiger partial charge in [-0.3, -0.25) is 4.79 Å². The predicted octanol–water partition coefficient (Wildman–Crippen LogP) is 3.47. The van der Waals surface area contributed by atoms with Gasteiger partial charge < -0.3 is 5.32 Å². The third-order valence-electron chi connectivity index (χ3n) is 3.87. The fraction of sp³-hybridized carbons (Fsp3) is 0.167. The number of rotatable bonds is 4. The van der Waals surface area contributed by atoms with Gasteiger partial charge >= 0.3 is 0 Å². The number of benzene rings is 1. The van der Waals surface area contributed by atoms with Crippen molar-refractivity contribution in [2.24, 2.45) is 0 Å². The molecule has 0 unspecified atom stereocenters. The number of carbonyl (C=O) groups excluding carboxylic acids is 1. The van der Waals surface area contributed by atoms with Crippen LogP contribution in [0.15, 0.2) is 48.7 Å². The molecule has 0 bridgehead atoms. The first-order valence-electron chi connectivity index (χ1n) is 7.57. The van der Waals surface area contributed by atoms with Crippen LogP contribution in [0.4, 0.5) is 0 Å². The van der Waals surface area contributed by atoms with Gasteiger partial charge in [0.1, 0.15) is 5.15 Å². The summed E-state index contributed by atoms with van der Waals surface area (Å²) in [6.07, 6.45) is 1.55. The number of amides is 1. The van der Waals surface area contributed by atoms with Gasteiger partial charge in [0, 0.05) is 24.0 Å². The van der Waals surface area contributed by atoms with Crippen LogP contribution in [0.25, 0.3) is 5.69 Å². The molecule has 0 saturated carbocycles. The van der Waals surface area contributed by atoms with Crippen LogP contribution < -0.4 is 5.32 Å². The number of para-hydroxylation sites is 1. The van der Waals surface area contributed by atoms with Crippen molar-refractivity contribution in [3.05, 3.63) is 76.3 Å². The van der Waals surface area contributed by atoms with Gasteiger partial charge in [-0.2, -0.15) is 5.10 Å². The standard InChI is InChI=1S/C18H17ClN4O/c1-12-16(11-21-18(24)15-9-6-10-20-17(15)19)13(2)23(22-12)14-7-4-3-5-8-14/h3-10H,11H2,1-2H3,(H,21,24). The van der Waals surface area contributed by atoms with Crippen molar-refractivity contribution in [3.8, 4) is 5.69 Å². The zero-order valence-corrected chi connectivity index (χ0v) is 14.2. The maximum Gasteiger partial charge on any atom is 0.254 e. The smallest absolute Gasteiger partial charge is 0.254 e. The van der Waals surface area contributed by atoms with Crippen LogP contribution in [0.3, 0.4) is 0 Å². The molecular weight excluding hydrogens is 324 g/mol. The Labute approximate surface area is 145 Å². The highest BCUT2D eigenvalue weighted by molar-refractivity contribution is 6.32. The van der Waals surface area contributed by atoms with E-state index >= 15 is 0 Å². The molecule has 1 aromatic carbocycles. The number of nitrogens with zero attached hydrogens (tertiary/aromatic N) is 3. The van der Waals surface area contributed by atoms with Crippen molar-refractivity contribution in [2.45, 2.75) is 20.4 Å². The van der Waals surface area contributed by atoms with Gasteiger partial charge in [0.2, 0.25) is 0 Å². The molecule has 3 rings (SSSR count). The minimum Gasteiger partial charge on any atom is -0.348 e. The zero-order chi connectivity index (χ0) is 17.1. The van der Waals surface area contributed by atoms with Gasteiger partial charge in [0.05, 0.1) is 16.9 Å². The van der Waals surface area contributed by atoms with Crippen molar-refractivity contribution < 1.29 is 4.79 Å². The summed E-state index contributed by atoms with van der Waals surface area (Å²) in [6, 6.07) is 13.2. The van der Waals surface area contributed by atoms with E-state index in [-0.39, 0.29) is 11.1 Å². The Morgan fingerprint density at radius 2 is 1.92 bits per heavy atom. The molecule has 1 N–H and O–H groups in total. The molecule has 24 heavy (non-hydrogen) atoms. The van der Waals surface area contributed by atoms with E-state index in [1.165, 1.54) is 0 Å². The van der Waals surface area contributed by atoms with E-state index in [1.54, 1.807) is 18.3 Å². The van der Waals surface area contributed by atoms with Crippen molar-refractivity contribution in [2.75, 3.05) is 0 Å². The van der Waals surface area contributed by atoms with Gasteiger partial charge in [-0.1, -0.05) is 29.8 Å². The number of pyridine rings is 1. The van der Waals surface area contributed by atoms with Crippen molar-refractivity contribution in [1.82, 2.24) is 20.1 Å². The van der Waals surface area contributed by atoms with Crippen molar-refractivity contribution >= 4 is 17.5 Å².